The van der Waals surface area contributed by atoms with E-state index in [0.717, 1.165) is 16.5 Å². The molecule has 1 aromatic carbocycles. The maximum Gasteiger partial charge on any atom is 0.268 e. The van der Waals surface area contributed by atoms with E-state index in [1.807, 2.05) is 12.1 Å². The zero-order chi connectivity index (χ0) is 13.6. The van der Waals surface area contributed by atoms with Crippen LogP contribution in [0.25, 0.3) is 0 Å². The van der Waals surface area contributed by atoms with Crippen molar-refractivity contribution in [1.82, 2.24) is 4.90 Å². The van der Waals surface area contributed by atoms with Crippen molar-refractivity contribution in [3.63, 3.8) is 0 Å². The standard InChI is InChI=1S/C13H12N2OS3/c1-3-15-8-6-4-5-7-9(8)18-12(15)10-11(16)14(2)13(17)19-10/h4-7H,3H2,1-2H3/b12-10-. The lowest BCUT2D eigenvalue weighted by atomic mass is 10.3. The Morgan fingerprint density at radius 2 is 2.00 bits per heavy atom. The van der Waals surface area contributed by atoms with E-state index in [1.165, 1.54) is 22.3 Å². The first-order valence-electron chi connectivity index (χ1n) is 5.92. The van der Waals surface area contributed by atoms with Gasteiger partial charge in [-0.1, -0.05) is 47.9 Å². The van der Waals surface area contributed by atoms with E-state index in [2.05, 4.69) is 24.0 Å². The first kappa shape index (κ1) is 13.0. The molecular formula is C13H12N2OS3. The molecule has 0 N–H and O–H groups in total. The molecule has 0 spiro atoms. The molecule has 0 aliphatic carbocycles. The van der Waals surface area contributed by atoms with Crippen LogP contribution >= 0.6 is 35.7 Å². The Kier molecular flexibility index (Phi) is 3.32. The molecule has 3 nitrogen and oxygen atoms in total. The molecule has 2 heterocycles. The van der Waals surface area contributed by atoms with Crippen molar-refractivity contribution in [2.75, 3.05) is 18.5 Å². The third-order valence-electron chi connectivity index (χ3n) is 3.08. The molecule has 19 heavy (non-hydrogen) atoms. The lowest BCUT2D eigenvalue weighted by Crippen LogP contribution is -2.24. The van der Waals surface area contributed by atoms with Crippen molar-refractivity contribution in [2.24, 2.45) is 0 Å². The number of thioether (sulfide) groups is 2. The van der Waals surface area contributed by atoms with Gasteiger partial charge in [-0.2, -0.15) is 0 Å². The van der Waals surface area contributed by atoms with Crippen LogP contribution in [0.3, 0.4) is 0 Å². The normalized spacial score (nSPS) is 22.4. The molecule has 0 bridgehead atoms. The summed E-state index contributed by atoms with van der Waals surface area (Å²) < 4.78 is 0.625. The second kappa shape index (κ2) is 4.85. The van der Waals surface area contributed by atoms with Crippen LogP contribution < -0.4 is 4.90 Å². The number of para-hydroxylation sites is 1. The Morgan fingerprint density at radius 3 is 2.63 bits per heavy atom. The van der Waals surface area contributed by atoms with Crippen LogP contribution in [0.5, 0.6) is 0 Å². The van der Waals surface area contributed by atoms with E-state index in [-0.39, 0.29) is 5.91 Å². The van der Waals surface area contributed by atoms with Crippen LogP contribution in [0.4, 0.5) is 5.69 Å². The zero-order valence-corrected chi connectivity index (χ0v) is 13.0. The summed E-state index contributed by atoms with van der Waals surface area (Å²) in [5, 5.41) is 1.01. The Bertz CT molecular complexity index is 612. The molecular weight excluding hydrogens is 296 g/mol. The minimum Gasteiger partial charge on any atom is -0.334 e. The first-order valence-corrected chi connectivity index (χ1v) is 7.96. The fourth-order valence-corrected chi connectivity index (χ4v) is 4.64. The van der Waals surface area contributed by atoms with E-state index in [1.54, 1.807) is 23.7 Å². The summed E-state index contributed by atoms with van der Waals surface area (Å²) >= 11 is 8.24. The summed E-state index contributed by atoms with van der Waals surface area (Å²) in [6, 6.07) is 8.22. The Hall–Kier alpha value is -0.980. The van der Waals surface area contributed by atoms with Gasteiger partial charge in [0.2, 0.25) is 0 Å². The van der Waals surface area contributed by atoms with Crippen LogP contribution in [-0.2, 0) is 4.79 Å². The van der Waals surface area contributed by atoms with E-state index in [4.69, 9.17) is 12.2 Å². The van der Waals surface area contributed by atoms with Gasteiger partial charge in [-0.3, -0.25) is 9.69 Å². The van der Waals surface area contributed by atoms with Crippen molar-refractivity contribution in [2.45, 2.75) is 11.8 Å². The van der Waals surface area contributed by atoms with Crippen molar-refractivity contribution in [3.8, 4) is 0 Å². The molecule has 2 aliphatic heterocycles. The van der Waals surface area contributed by atoms with E-state index >= 15 is 0 Å². The first-order chi connectivity index (χ1) is 9.13. The van der Waals surface area contributed by atoms with Gasteiger partial charge in [0.05, 0.1) is 5.69 Å². The maximum atomic E-state index is 12.2. The quantitative estimate of drug-likeness (QED) is 0.585. The van der Waals surface area contributed by atoms with E-state index in [9.17, 15) is 4.79 Å². The summed E-state index contributed by atoms with van der Waals surface area (Å²) in [4.78, 5) is 17.9. The zero-order valence-electron chi connectivity index (χ0n) is 10.5. The van der Waals surface area contributed by atoms with Gasteiger partial charge < -0.3 is 4.90 Å². The van der Waals surface area contributed by atoms with Gasteiger partial charge >= 0.3 is 0 Å². The van der Waals surface area contributed by atoms with Crippen LogP contribution in [0, 0.1) is 0 Å². The molecule has 6 heteroatoms. The molecule has 0 atom stereocenters. The second-order valence-corrected chi connectivity index (χ2v) is 6.86. The van der Waals surface area contributed by atoms with Gasteiger partial charge in [-0.05, 0) is 19.1 Å². The van der Waals surface area contributed by atoms with Gasteiger partial charge in [0.25, 0.3) is 5.91 Å². The molecule has 0 unspecified atom stereocenters. The van der Waals surface area contributed by atoms with Crippen molar-refractivity contribution < 1.29 is 4.79 Å². The Labute approximate surface area is 126 Å². The topological polar surface area (TPSA) is 23.6 Å². The predicted octanol–water partition coefficient (Wildman–Crippen LogP) is 3.28. The predicted molar refractivity (Wildman–Crippen MR) is 85.3 cm³/mol. The van der Waals surface area contributed by atoms with Crippen LogP contribution in [0.15, 0.2) is 39.1 Å². The number of benzene rings is 1. The Balaban J connectivity index is 2.09. The van der Waals surface area contributed by atoms with E-state index in [0.29, 0.717) is 4.32 Å². The second-order valence-electron chi connectivity index (χ2n) is 4.18. The highest BCUT2D eigenvalue weighted by Crippen LogP contribution is 2.50. The molecule has 1 fully saturated rings. The number of hydrogen-bond acceptors (Lipinski definition) is 5. The SMILES string of the molecule is CCN1/C(=C2/SC(=S)N(C)C2=O)Sc2ccccc21. The fraction of sp³-hybridized carbons (Fsp3) is 0.231. The number of fused-ring (bicyclic) bond motifs is 1. The molecule has 0 aromatic heterocycles. The van der Waals surface area contributed by atoms with Crippen molar-refractivity contribution >= 4 is 51.7 Å². The smallest absolute Gasteiger partial charge is 0.268 e. The maximum absolute atomic E-state index is 12.2. The van der Waals surface area contributed by atoms with Crippen LogP contribution in [-0.4, -0.2) is 28.7 Å². The number of nitrogens with zero attached hydrogens (tertiary/aromatic N) is 2. The van der Waals surface area contributed by atoms with Gasteiger partial charge in [0.15, 0.2) is 0 Å². The summed E-state index contributed by atoms with van der Waals surface area (Å²) in [6.45, 7) is 2.93. The minimum atomic E-state index is 0.00348. The van der Waals surface area contributed by atoms with E-state index < -0.39 is 0 Å². The molecule has 1 aromatic rings. The lowest BCUT2D eigenvalue weighted by Gasteiger charge is -2.18. The van der Waals surface area contributed by atoms with Crippen molar-refractivity contribution in [3.05, 3.63) is 34.2 Å². The molecule has 1 saturated heterocycles. The summed E-state index contributed by atoms with van der Waals surface area (Å²) in [7, 11) is 1.73. The lowest BCUT2D eigenvalue weighted by molar-refractivity contribution is -0.121. The number of hydrogen-bond donors (Lipinski definition) is 0. The molecule has 2 aliphatic rings. The number of rotatable bonds is 1. The highest BCUT2D eigenvalue weighted by Gasteiger charge is 2.36. The van der Waals surface area contributed by atoms with Crippen LogP contribution in [0.2, 0.25) is 0 Å². The number of carbonyl (C=O) groups is 1. The number of amides is 1. The van der Waals surface area contributed by atoms with Crippen molar-refractivity contribution in [1.29, 1.82) is 0 Å². The molecule has 98 valence electrons. The number of carbonyl (C=O) groups excluding carboxylic acids is 1. The monoisotopic (exact) mass is 308 g/mol. The molecule has 0 radical (unpaired) electrons. The van der Waals surface area contributed by atoms with Gasteiger partial charge in [-0.25, -0.2) is 0 Å². The third kappa shape index (κ3) is 1.98. The largest absolute Gasteiger partial charge is 0.334 e. The molecule has 1 amide bonds. The fourth-order valence-electron chi connectivity index (χ4n) is 2.09. The summed E-state index contributed by atoms with van der Waals surface area (Å²) in [6.07, 6.45) is 0. The Morgan fingerprint density at radius 1 is 1.26 bits per heavy atom. The average Bonchev–Trinajstić information content (AvgIpc) is 2.91. The number of thiocarbonyl (C=S) groups is 1. The summed E-state index contributed by atoms with van der Waals surface area (Å²) in [5.74, 6) is 0.00348. The minimum absolute atomic E-state index is 0.00348. The van der Waals surface area contributed by atoms with Gasteiger partial charge in [0.1, 0.15) is 14.3 Å². The van der Waals surface area contributed by atoms with Crippen LogP contribution in [0.1, 0.15) is 6.92 Å². The highest BCUT2D eigenvalue weighted by atomic mass is 32.2. The summed E-state index contributed by atoms with van der Waals surface area (Å²) in [5.41, 5.74) is 1.17. The number of likely N-dealkylation sites (N-methyl/N-ethyl adjacent to an activating group) is 1. The molecule has 3 rings (SSSR count). The number of anilines is 1. The van der Waals surface area contributed by atoms with Gasteiger partial charge in [0, 0.05) is 18.5 Å². The van der Waals surface area contributed by atoms with Gasteiger partial charge in [-0.15, -0.1) is 0 Å². The average molecular weight is 308 g/mol. The highest BCUT2D eigenvalue weighted by molar-refractivity contribution is 8.27. The molecule has 0 saturated carbocycles. The third-order valence-corrected chi connectivity index (χ3v) is 5.94.